The molecule has 4 heteroatoms. The number of rotatable bonds is 2. The first kappa shape index (κ1) is 10.6. The molecule has 0 aromatic heterocycles. The maximum Gasteiger partial charge on any atom is 0.231 e. The van der Waals surface area contributed by atoms with Crippen LogP contribution in [0.1, 0.15) is 11.1 Å². The van der Waals surface area contributed by atoms with Gasteiger partial charge in [-0.05, 0) is 24.1 Å². The van der Waals surface area contributed by atoms with Crippen LogP contribution < -0.4 is 4.90 Å². The van der Waals surface area contributed by atoms with Gasteiger partial charge in [-0.3, -0.25) is 4.79 Å². The molecule has 80 valence electrons. The molecule has 0 radical (unpaired) electrons. The molecule has 1 aromatic carbocycles. The first-order valence-corrected chi connectivity index (χ1v) is 5.58. The van der Waals surface area contributed by atoms with E-state index in [2.05, 4.69) is 15.9 Å². The van der Waals surface area contributed by atoms with E-state index in [0.717, 1.165) is 21.3 Å². The van der Waals surface area contributed by atoms with E-state index in [9.17, 15) is 9.18 Å². The summed E-state index contributed by atoms with van der Waals surface area (Å²) >= 11 is 3.46. The highest BCUT2D eigenvalue weighted by molar-refractivity contribution is 9.10. The number of hydrogen-bond donors (Lipinski definition) is 0. The van der Waals surface area contributed by atoms with Crippen molar-refractivity contribution in [2.75, 3.05) is 18.1 Å². The zero-order valence-electron chi connectivity index (χ0n) is 8.39. The first-order chi connectivity index (χ1) is 7.15. The van der Waals surface area contributed by atoms with Crippen LogP contribution in [-0.2, 0) is 11.2 Å². The van der Waals surface area contributed by atoms with Gasteiger partial charge in [-0.25, -0.2) is 4.39 Å². The molecule has 1 aliphatic rings. The van der Waals surface area contributed by atoms with E-state index in [1.165, 1.54) is 4.90 Å². The van der Waals surface area contributed by atoms with Gasteiger partial charge in [0.2, 0.25) is 5.91 Å². The lowest BCUT2D eigenvalue weighted by Gasteiger charge is -2.15. The molecule has 0 spiro atoms. The molecule has 0 unspecified atom stereocenters. The molecule has 1 amide bonds. The normalized spacial score (nSPS) is 14.6. The molecule has 0 N–H and O–H groups in total. The third kappa shape index (κ3) is 1.67. The van der Waals surface area contributed by atoms with Gasteiger partial charge in [-0.15, -0.1) is 0 Å². The molecule has 0 aliphatic carbocycles. The van der Waals surface area contributed by atoms with Crippen LogP contribution in [0.3, 0.4) is 0 Å². The number of hydrogen-bond acceptors (Lipinski definition) is 1. The topological polar surface area (TPSA) is 20.3 Å². The minimum Gasteiger partial charge on any atom is -0.309 e. The Morgan fingerprint density at radius 1 is 1.53 bits per heavy atom. The summed E-state index contributed by atoms with van der Waals surface area (Å²) in [5.41, 5.74) is 2.92. The average Bonchev–Trinajstić information content (AvgIpc) is 2.52. The molecule has 0 saturated carbocycles. The summed E-state index contributed by atoms with van der Waals surface area (Å²) in [7, 11) is 0. The van der Waals surface area contributed by atoms with E-state index in [4.69, 9.17) is 0 Å². The predicted octanol–water partition coefficient (Wildman–Crippen LogP) is 2.62. The van der Waals surface area contributed by atoms with Crippen LogP contribution in [-0.4, -0.2) is 19.1 Å². The van der Waals surface area contributed by atoms with E-state index in [1.807, 2.05) is 19.1 Å². The van der Waals surface area contributed by atoms with Gasteiger partial charge in [0.15, 0.2) is 0 Å². The Hall–Kier alpha value is -0.900. The minimum atomic E-state index is -0.503. The second-order valence-electron chi connectivity index (χ2n) is 3.61. The zero-order valence-corrected chi connectivity index (χ0v) is 9.97. The number of nitrogens with zero attached hydrogens (tertiary/aromatic N) is 1. The maximum absolute atomic E-state index is 12.3. The summed E-state index contributed by atoms with van der Waals surface area (Å²) < 4.78 is 13.3. The van der Waals surface area contributed by atoms with Crippen molar-refractivity contribution in [3.05, 3.63) is 27.7 Å². The lowest BCUT2D eigenvalue weighted by atomic mass is 10.1. The van der Waals surface area contributed by atoms with Crippen LogP contribution in [0.15, 0.2) is 16.6 Å². The second kappa shape index (κ2) is 3.93. The lowest BCUT2D eigenvalue weighted by Crippen LogP contribution is -2.28. The largest absolute Gasteiger partial charge is 0.309 e. The van der Waals surface area contributed by atoms with Crippen LogP contribution in [0.5, 0.6) is 0 Å². The van der Waals surface area contributed by atoms with Gasteiger partial charge >= 0.3 is 0 Å². The van der Waals surface area contributed by atoms with Crippen molar-refractivity contribution >= 4 is 27.5 Å². The summed E-state index contributed by atoms with van der Waals surface area (Å²) in [4.78, 5) is 13.1. The monoisotopic (exact) mass is 271 g/mol. The molecule has 0 fully saturated rings. The Kier molecular flexibility index (Phi) is 2.78. The Labute approximate surface area is 96.2 Å². The van der Waals surface area contributed by atoms with Crippen LogP contribution in [0.2, 0.25) is 0 Å². The van der Waals surface area contributed by atoms with E-state index in [1.54, 1.807) is 0 Å². The van der Waals surface area contributed by atoms with Gasteiger partial charge < -0.3 is 4.90 Å². The fourth-order valence-electron chi connectivity index (χ4n) is 1.86. The SMILES string of the molecule is Cc1ccc2c(c1Br)CC(=O)N2CCF. The number of aryl methyl sites for hydroxylation is 1. The Morgan fingerprint density at radius 3 is 2.93 bits per heavy atom. The van der Waals surface area contributed by atoms with E-state index >= 15 is 0 Å². The molecular formula is C11H11BrFNO. The first-order valence-electron chi connectivity index (χ1n) is 4.79. The third-order valence-electron chi connectivity index (χ3n) is 2.64. The predicted molar refractivity (Wildman–Crippen MR) is 60.9 cm³/mol. The summed E-state index contributed by atoms with van der Waals surface area (Å²) in [6.07, 6.45) is 0.373. The highest BCUT2D eigenvalue weighted by Gasteiger charge is 2.28. The van der Waals surface area contributed by atoms with Crippen molar-refractivity contribution in [2.45, 2.75) is 13.3 Å². The summed E-state index contributed by atoms with van der Waals surface area (Å²) in [6.45, 7) is 1.63. The van der Waals surface area contributed by atoms with Crippen molar-refractivity contribution in [1.82, 2.24) is 0 Å². The van der Waals surface area contributed by atoms with Crippen LogP contribution >= 0.6 is 15.9 Å². The fraction of sp³-hybridized carbons (Fsp3) is 0.364. The number of anilines is 1. The molecule has 1 aromatic rings. The number of halogens is 2. The van der Waals surface area contributed by atoms with Crippen LogP contribution in [0.4, 0.5) is 10.1 Å². The molecule has 2 nitrogen and oxygen atoms in total. The van der Waals surface area contributed by atoms with Gasteiger partial charge in [-0.2, -0.15) is 0 Å². The number of alkyl halides is 1. The molecule has 15 heavy (non-hydrogen) atoms. The van der Waals surface area contributed by atoms with Gasteiger partial charge in [0.25, 0.3) is 0 Å². The number of carbonyl (C=O) groups is 1. The fourth-order valence-corrected chi connectivity index (χ4v) is 2.34. The van der Waals surface area contributed by atoms with Crippen molar-refractivity contribution in [2.24, 2.45) is 0 Å². The standard InChI is InChI=1S/C11H11BrFNO/c1-7-2-3-9-8(11(7)12)6-10(15)14(9)5-4-13/h2-3H,4-6H2,1H3. The average molecular weight is 272 g/mol. The molecule has 0 saturated heterocycles. The van der Waals surface area contributed by atoms with Crippen molar-refractivity contribution in [3.63, 3.8) is 0 Å². The molecule has 1 aliphatic heterocycles. The van der Waals surface area contributed by atoms with Crippen LogP contribution in [0, 0.1) is 6.92 Å². The summed E-state index contributed by atoms with van der Waals surface area (Å²) in [6, 6.07) is 3.82. The highest BCUT2D eigenvalue weighted by atomic mass is 79.9. The minimum absolute atomic E-state index is 0.0195. The Morgan fingerprint density at radius 2 is 2.27 bits per heavy atom. The van der Waals surface area contributed by atoms with Crippen LogP contribution in [0.25, 0.3) is 0 Å². The molecular weight excluding hydrogens is 261 g/mol. The Balaban J connectivity index is 2.47. The van der Waals surface area contributed by atoms with Gasteiger partial charge in [0.05, 0.1) is 13.0 Å². The number of benzene rings is 1. The third-order valence-corrected chi connectivity index (χ3v) is 3.74. The van der Waals surface area contributed by atoms with Crippen molar-refractivity contribution in [1.29, 1.82) is 0 Å². The number of fused-ring (bicyclic) bond motifs is 1. The zero-order chi connectivity index (χ0) is 11.0. The highest BCUT2D eigenvalue weighted by Crippen LogP contribution is 2.36. The summed E-state index contributed by atoms with van der Waals surface area (Å²) in [5.74, 6) is -0.0195. The van der Waals surface area contributed by atoms with Crippen molar-refractivity contribution in [3.8, 4) is 0 Å². The molecule has 1 heterocycles. The molecule has 0 bridgehead atoms. The molecule has 0 atom stereocenters. The summed E-state index contributed by atoms with van der Waals surface area (Å²) in [5, 5.41) is 0. The smallest absolute Gasteiger partial charge is 0.231 e. The van der Waals surface area contributed by atoms with Gasteiger partial charge in [-0.1, -0.05) is 22.0 Å². The number of amides is 1. The van der Waals surface area contributed by atoms with Crippen molar-refractivity contribution < 1.29 is 9.18 Å². The lowest BCUT2D eigenvalue weighted by molar-refractivity contribution is -0.117. The van der Waals surface area contributed by atoms with Gasteiger partial charge in [0, 0.05) is 10.2 Å². The maximum atomic E-state index is 12.3. The Bertz CT molecular complexity index is 419. The van der Waals surface area contributed by atoms with E-state index in [-0.39, 0.29) is 12.5 Å². The quantitative estimate of drug-likeness (QED) is 0.810. The van der Waals surface area contributed by atoms with E-state index in [0.29, 0.717) is 6.42 Å². The molecule has 2 rings (SSSR count). The number of carbonyl (C=O) groups excluding carboxylic acids is 1. The van der Waals surface area contributed by atoms with E-state index < -0.39 is 6.67 Å². The van der Waals surface area contributed by atoms with Gasteiger partial charge in [0.1, 0.15) is 6.67 Å². The second-order valence-corrected chi connectivity index (χ2v) is 4.40.